The van der Waals surface area contributed by atoms with E-state index in [1.54, 1.807) is 0 Å². The van der Waals surface area contributed by atoms with Crippen LogP contribution in [0.25, 0.3) is 59.8 Å². The van der Waals surface area contributed by atoms with E-state index in [0.29, 0.717) is 5.92 Å². The lowest BCUT2D eigenvalue weighted by atomic mass is 9.96. The minimum atomic E-state index is 0.489. The Labute approximate surface area is 186 Å². The number of benzene rings is 4. The molecular formula is C30H24N2. The molecule has 0 saturated heterocycles. The Morgan fingerprint density at radius 1 is 0.719 bits per heavy atom. The molecule has 2 heteroatoms. The van der Waals surface area contributed by atoms with E-state index in [1.165, 1.54) is 70.9 Å². The smallest absolute Gasteiger partial charge is 0.0823 e. The molecule has 0 radical (unpaired) electrons. The first kappa shape index (κ1) is 18.0. The zero-order valence-corrected chi connectivity index (χ0v) is 18.8. The second-order valence-corrected chi connectivity index (χ2v) is 9.61. The fourth-order valence-corrected chi connectivity index (χ4v) is 5.72. The minimum Gasteiger partial charge on any atom is -0.308 e. The number of pyridine rings is 2. The molecule has 2 nitrogen and oxygen atoms in total. The maximum absolute atomic E-state index is 4.93. The fourth-order valence-electron chi connectivity index (χ4n) is 5.72. The first-order valence-electron chi connectivity index (χ1n) is 11.4. The fraction of sp³-hybridized carbons (Fsp3) is 0.167. The van der Waals surface area contributed by atoms with Gasteiger partial charge in [0.25, 0.3) is 0 Å². The summed E-state index contributed by atoms with van der Waals surface area (Å²) in [5.41, 5.74) is 8.97. The van der Waals surface area contributed by atoms with E-state index >= 15 is 0 Å². The van der Waals surface area contributed by atoms with Crippen LogP contribution in [-0.4, -0.2) is 9.38 Å². The summed E-state index contributed by atoms with van der Waals surface area (Å²) >= 11 is 0. The number of fused-ring (bicyclic) bond motifs is 7. The number of nitrogens with zero attached hydrogens (tertiary/aromatic N) is 2. The monoisotopic (exact) mass is 412 g/mol. The van der Waals surface area contributed by atoms with Crippen molar-refractivity contribution in [1.82, 2.24) is 9.38 Å². The van der Waals surface area contributed by atoms with E-state index in [-0.39, 0.29) is 0 Å². The summed E-state index contributed by atoms with van der Waals surface area (Å²) in [4.78, 5) is 4.93. The van der Waals surface area contributed by atoms with E-state index in [4.69, 9.17) is 4.98 Å². The predicted molar refractivity (Wildman–Crippen MR) is 137 cm³/mol. The summed E-state index contributed by atoms with van der Waals surface area (Å²) in [7, 11) is 0. The third-order valence-electron chi connectivity index (χ3n) is 7.35. The number of hydrogen-bond donors (Lipinski definition) is 0. The zero-order valence-electron chi connectivity index (χ0n) is 18.8. The second kappa shape index (κ2) is 5.98. The molecular weight excluding hydrogens is 388 g/mol. The highest BCUT2D eigenvalue weighted by atomic mass is 14.9. The molecule has 0 aliphatic rings. The highest BCUT2D eigenvalue weighted by Crippen LogP contribution is 2.43. The third-order valence-corrected chi connectivity index (χ3v) is 7.35. The SMILES string of the molecule is Cc1ccc2cc3c4nccc5ccc6c7ccc(C(C)C)cc7n(c3c(C)c2c1)c6c54. The van der Waals surface area contributed by atoms with Gasteiger partial charge in [-0.1, -0.05) is 61.9 Å². The Kier molecular flexibility index (Phi) is 3.36. The molecule has 0 saturated carbocycles. The van der Waals surface area contributed by atoms with E-state index in [9.17, 15) is 0 Å². The molecule has 0 spiro atoms. The Bertz CT molecular complexity index is 1870. The van der Waals surface area contributed by atoms with Crippen LogP contribution in [0.5, 0.6) is 0 Å². The van der Waals surface area contributed by atoms with Crippen molar-refractivity contribution in [3.05, 3.63) is 83.6 Å². The average Bonchev–Trinajstić information content (AvgIpc) is 3.13. The van der Waals surface area contributed by atoms with Crippen molar-refractivity contribution in [3.8, 4) is 0 Å². The van der Waals surface area contributed by atoms with Gasteiger partial charge in [-0.3, -0.25) is 4.98 Å². The van der Waals surface area contributed by atoms with Gasteiger partial charge in [-0.05, 0) is 65.3 Å². The highest BCUT2D eigenvalue weighted by Gasteiger charge is 2.21. The van der Waals surface area contributed by atoms with E-state index in [2.05, 4.69) is 92.8 Å². The van der Waals surface area contributed by atoms with Crippen molar-refractivity contribution < 1.29 is 0 Å². The molecule has 7 rings (SSSR count). The molecule has 4 aromatic carbocycles. The van der Waals surface area contributed by atoms with E-state index in [1.807, 2.05) is 6.20 Å². The highest BCUT2D eigenvalue weighted by molar-refractivity contribution is 6.28. The third kappa shape index (κ3) is 2.12. The first-order valence-corrected chi connectivity index (χ1v) is 11.4. The predicted octanol–water partition coefficient (Wildman–Crippen LogP) is 8.28. The normalized spacial score (nSPS) is 12.7. The van der Waals surface area contributed by atoms with Crippen LogP contribution in [0.2, 0.25) is 0 Å². The van der Waals surface area contributed by atoms with Crippen LogP contribution < -0.4 is 0 Å². The van der Waals surface area contributed by atoms with Gasteiger partial charge in [0.2, 0.25) is 0 Å². The molecule has 0 N–H and O–H groups in total. The molecule has 0 unspecified atom stereocenters. The summed E-state index contributed by atoms with van der Waals surface area (Å²) in [6.45, 7) is 8.99. The standard InChI is InChI=1S/C30H24N2/c1-16(2)20-8-9-22-23-10-7-19-11-12-31-28-25-14-21-6-5-17(3)13-24(21)18(4)29(25)32(26(22)15-20)30(23)27(19)28/h5-16H,1-4H3. The molecule has 3 heterocycles. The van der Waals surface area contributed by atoms with Gasteiger partial charge in [-0.15, -0.1) is 0 Å². The van der Waals surface area contributed by atoms with E-state index in [0.717, 1.165) is 5.52 Å². The van der Waals surface area contributed by atoms with Crippen LogP contribution in [0.1, 0.15) is 36.5 Å². The average molecular weight is 413 g/mol. The number of hydrogen-bond acceptors (Lipinski definition) is 1. The molecule has 0 bridgehead atoms. The van der Waals surface area contributed by atoms with Crippen LogP contribution in [0.4, 0.5) is 0 Å². The molecule has 0 atom stereocenters. The molecule has 7 aromatic rings. The van der Waals surface area contributed by atoms with Gasteiger partial charge in [0.05, 0.1) is 22.1 Å². The van der Waals surface area contributed by atoms with Crippen molar-refractivity contribution in [2.24, 2.45) is 0 Å². The molecule has 0 amide bonds. The summed E-state index contributed by atoms with van der Waals surface area (Å²) in [6.07, 6.45) is 1.96. The van der Waals surface area contributed by atoms with Crippen LogP contribution in [-0.2, 0) is 0 Å². The number of aromatic nitrogens is 2. The quantitative estimate of drug-likeness (QED) is 0.196. The lowest BCUT2D eigenvalue weighted by Crippen LogP contribution is -1.97. The van der Waals surface area contributed by atoms with Gasteiger partial charge >= 0.3 is 0 Å². The topological polar surface area (TPSA) is 17.3 Å². The lowest BCUT2D eigenvalue weighted by molar-refractivity contribution is 0.868. The summed E-state index contributed by atoms with van der Waals surface area (Å²) in [5.74, 6) is 0.489. The molecule has 0 aliphatic heterocycles. The summed E-state index contributed by atoms with van der Waals surface area (Å²) in [5, 5.41) is 8.99. The van der Waals surface area contributed by atoms with Crippen molar-refractivity contribution in [2.75, 3.05) is 0 Å². The van der Waals surface area contributed by atoms with Gasteiger partial charge in [0, 0.05) is 27.7 Å². The lowest BCUT2D eigenvalue weighted by Gasteiger charge is -2.16. The van der Waals surface area contributed by atoms with Crippen LogP contribution in [0.3, 0.4) is 0 Å². The molecule has 3 aromatic heterocycles. The van der Waals surface area contributed by atoms with Crippen molar-refractivity contribution >= 4 is 59.8 Å². The first-order chi connectivity index (χ1) is 15.5. The van der Waals surface area contributed by atoms with Crippen molar-refractivity contribution in [3.63, 3.8) is 0 Å². The van der Waals surface area contributed by atoms with Crippen LogP contribution in [0, 0.1) is 13.8 Å². The minimum absolute atomic E-state index is 0.489. The van der Waals surface area contributed by atoms with Gasteiger partial charge in [0.1, 0.15) is 0 Å². The van der Waals surface area contributed by atoms with Gasteiger partial charge in [0.15, 0.2) is 0 Å². The number of rotatable bonds is 1. The summed E-state index contributed by atoms with van der Waals surface area (Å²) < 4.78 is 2.53. The Balaban J connectivity index is 1.89. The molecule has 0 fully saturated rings. The van der Waals surface area contributed by atoms with E-state index < -0.39 is 0 Å². The second-order valence-electron chi connectivity index (χ2n) is 9.61. The largest absolute Gasteiger partial charge is 0.308 e. The van der Waals surface area contributed by atoms with Gasteiger partial charge in [-0.25, -0.2) is 0 Å². The Morgan fingerprint density at radius 2 is 1.53 bits per heavy atom. The van der Waals surface area contributed by atoms with Crippen LogP contribution >= 0.6 is 0 Å². The van der Waals surface area contributed by atoms with Crippen molar-refractivity contribution in [1.29, 1.82) is 0 Å². The Hall–Kier alpha value is -3.65. The maximum atomic E-state index is 4.93. The zero-order chi connectivity index (χ0) is 21.7. The van der Waals surface area contributed by atoms with Crippen molar-refractivity contribution in [2.45, 2.75) is 33.6 Å². The van der Waals surface area contributed by atoms with Gasteiger partial charge in [-0.2, -0.15) is 0 Å². The Morgan fingerprint density at radius 3 is 2.38 bits per heavy atom. The van der Waals surface area contributed by atoms with Crippen LogP contribution in [0.15, 0.2) is 66.9 Å². The number of aryl methyl sites for hydroxylation is 2. The summed E-state index contributed by atoms with van der Waals surface area (Å²) in [6, 6.07) is 22.8. The molecule has 154 valence electrons. The molecule has 0 aliphatic carbocycles. The van der Waals surface area contributed by atoms with Gasteiger partial charge < -0.3 is 4.40 Å². The maximum Gasteiger partial charge on any atom is 0.0823 e. The molecule has 32 heavy (non-hydrogen) atoms.